The molecule has 3 heteroatoms. The number of benzene rings is 2. The third-order valence-corrected chi connectivity index (χ3v) is 2.75. The van der Waals surface area contributed by atoms with Crippen LogP contribution in [0.2, 0.25) is 0 Å². The minimum Gasteiger partial charge on any atom is -0.326 e. The summed E-state index contributed by atoms with van der Waals surface area (Å²) in [5.41, 5.74) is 1.68. The molecule has 0 saturated heterocycles. The Kier molecular flexibility index (Phi) is 4.45. The zero-order valence-electron chi connectivity index (χ0n) is 11.2. The Bertz CT molecular complexity index is 631. The average Bonchev–Trinajstić information content (AvgIpc) is 2.49. The summed E-state index contributed by atoms with van der Waals surface area (Å²) < 4.78 is 0. The highest BCUT2D eigenvalue weighted by molar-refractivity contribution is 6.05. The summed E-state index contributed by atoms with van der Waals surface area (Å²) in [6.07, 6.45) is 1.43. The van der Waals surface area contributed by atoms with Crippen molar-refractivity contribution in [3.05, 3.63) is 83.6 Å². The number of allylic oxidation sites excluding steroid dienone is 2. The molecule has 0 unspecified atom stereocenters. The molecule has 0 spiro atoms. The molecule has 100 valence electrons. The maximum atomic E-state index is 11.9. The monoisotopic (exact) mass is 265 g/mol. The van der Waals surface area contributed by atoms with Gasteiger partial charge in [-0.1, -0.05) is 48.5 Å². The average molecular weight is 265 g/mol. The van der Waals surface area contributed by atoms with Gasteiger partial charge in [-0.3, -0.25) is 9.59 Å². The molecule has 0 aliphatic heterocycles. The Labute approximate surface area is 117 Å². The molecule has 0 bridgehead atoms. The first kappa shape index (κ1) is 13.7. The Morgan fingerprint density at radius 3 is 1.90 bits per heavy atom. The van der Waals surface area contributed by atoms with Crippen LogP contribution in [0.3, 0.4) is 0 Å². The van der Waals surface area contributed by atoms with Gasteiger partial charge < -0.3 is 5.32 Å². The molecule has 0 saturated carbocycles. The van der Waals surface area contributed by atoms with Crippen LogP contribution in [0.15, 0.2) is 72.4 Å². The lowest BCUT2D eigenvalue weighted by molar-refractivity contribution is 0.0966. The molecule has 0 atom stereocenters. The van der Waals surface area contributed by atoms with E-state index in [-0.39, 0.29) is 11.7 Å². The summed E-state index contributed by atoms with van der Waals surface area (Å²) >= 11 is 0. The standard InChI is InChI=1S/C17H15NO2/c1-13(12-16(19)14-8-4-2-5-9-14)18-17(20)15-10-6-3-7-11-15/h2-12H,1H3,(H,18,20)/b13-12+. The number of carbonyl (C=O) groups is 2. The van der Waals surface area contributed by atoms with Gasteiger partial charge in [0.25, 0.3) is 5.91 Å². The molecule has 2 aromatic carbocycles. The van der Waals surface area contributed by atoms with E-state index in [0.29, 0.717) is 16.8 Å². The van der Waals surface area contributed by atoms with Crippen LogP contribution in [-0.2, 0) is 0 Å². The van der Waals surface area contributed by atoms with E-state index in [1.165, 1.54) is 6.08 Å². The maximum Gasteiger partial charge on any atom is 0.255 e. The van der Waals surface area contributed by atoms with Crippen molar-refractivity contribution in [1.82, 2.24) is 5.32 Å². The minimum absolute atomic E-state index is 0.128. The second-order valence-electron chi connectivity index (χ2n) is 4.38. The second kappa shape index (κ2) is 6.48. The minimum atomic E-state index is -0.222. The molecular weight excluding hydrogens is 250 g/mol. The van der Waals surface area contributed by atoms with Gasteiger partial charge in [-0.05, 0) is 19.1 Å². The topological polar surface area (TPSA) is 46.2 Å². The van der Waals surface area contributed by atoms with Crippen LogP contribution in [-0.4, -0.2) is 11.7 Å². The van der Waals surface area contributed by atoms with Gasteiger partial charge in [-0.15, -0.1) is 0 Å². The fourth-order valence-electron chi connectivity index (χ4n) is 1.76. The van der Waals surface area contributed by atoms with Crippen molar-refractivity contribution >= 4 is 11.7 Å². The fourth-order valence-corrected chi connectivity index (χ4v) is 1.76. The molecule has 0 aliphatic rings. The van der Waals surface area contributed by atoms with Gasteiger partial charge in [0.1, 0.15) is 0 Å². The molecule has 0 fully saturated rings. The summed E-state index contributed by atoms with van der Waals surface area (Å²) in [4.78, 5) is 23.9. The van der Waals surface area contributed by atoms with Crippen LogP contribution in [0.25, 0.3) is 0 Å². The summed E-state index contributed by atoms with van der Waals surface area (Å²) in [6, 6.07) is 17.8. The van der Waals surface area contributed by atoms with Gasteiger partial charge in [0.05, 0.1) is 0 Å². The van der Waals surface area contributed by atoms with E-state index < -0.39 is 0 Å². The number of hydrogen-bond donors (Lipinski definition) is 1. The Hall–Kier alpha value is -2.68. The predicted molar refractivity (Wildman–Crippen MR) is 78.4 cm³/mol. The molecule has 2 rings (SSSR count). The molecule has 0 heterocycles. The van der Waals surface area contributed by atoms with Crippen molar-refractivity contribution in [2.45, 2.75) is 6.92 Å². The Balaban J connectivity index is 2.05. The van der Waals surface area contributed by atoms with Crippen molar-refractivity contribution in [3.63, 3.8) is 0 Å². The molecule has 0 aromatic heterocycles. The maximum absolute atomic E-state index is 11.9. The first-order chi connectivity index (χ1) is 9.66. The molecule has 0 radical (unpaired) electrons. The molecule has 2 aromatic rings. The van der Waals surface area contributed by atoms with Gasteiger partial charge >= 0.3 is 0 Å². The van der Waals surface area contributed by atoms with Gasteiger partial charge in [0, 0.05) is 22.9 Å². The Morgan fingerprint density at radius 1 is 0.850 bits per heavy atom. The van der Waals surface area contributed by atoms with Crippen LogP contribution in [0.1, 0.15) is 27.6 Å². The lowest BCUT2D eigenvalue weighted by Gasteiger charge is -2.05. The first-order valence-electron chi connectivity index (χ1n) is 6.31. The third kappa shape index (κ3) is 3.65. The lowest BCUT2D eigenvalue weighted by atomic mass is 10.1. The molecule has 1 amide bonds. The quantitative estimate of drug-likeness (QED) is 0.681. The normalized spacial score (nSPS) is 10.9. The van der Waals surface area contributed by atoms with Crippen LogP contribution < -0.4 is 5.32 Å². The van der Waals surface area contributed by atoms with Gasteiger partial charge in [0.2, 0.25) is 0 Å². The Morgan fingerprint density at radius 2 is 1.35 bits per heavy atom. The summed E-state index contributed by atoms with van der Waals surface area (Å²) in [7, 11) is 0. The number of rotatable bonds is 4. The van der Waals surface area contributed by atoms with E-state index in [4.69, 9.17) is 0 Å². The SMILES string of the molecule is C/C(=C\C(=O)c1ccccc1)NC(=O)c1ccccc1. The molecular formula is C17H15NO2. The fraction of sp³-hybridized carbons (Fsp3) is 0.0588. The zero-order valence-corrected chi connectivity index (χ0v) is 11.2. The zero-order chi connectivity index (χ0) is 14.4. The molecule has 1 N–H and O–H groups in total. The van der Waals surface area contributed by atoms with Crippen molar-refractivity contribution in [2.75, 3.05) is 0 Å². The van der Waals surface area contributed by atoms with Crippen LogP contribution >= 0.6 is 0 Å². The highest BCUT2D eigenvalue weighted by Crippen LogP contribution is 2.04. The van der Waals surface area contributed by atoms with Gasteiger partial charge in [-0.2, -0.15) is 0 Å². The second-order valence-corrected chi connectivity index (χ2v) is 4.38. The summed E-state index contributed by atoms with van der Waals surface area (Å²) in [5.74, 6) is -0.350. The number of amides is 1. The van der Waals surface area contributed by atoms with Crippen molar-refractivity contribution in [2.24, 2.45) is 0 Å². The number of hydrogen-bond acceptors (Lipinski definition) is 2. The van der Waals surface area contributed by atoms with E-state index in [9.17, 15) is 9.59 Å². The van der Waals surface area contributed by atoms with Crippen LogP contribution in [0, 0.1) is 0 Å². The molecule has 3 nitrogen and oxygen atoms in total. The number of carbonyl (C=O) groups excluding carboxylic acids is 2. The van der Waals surface area contributed by atoms with Gasteiger partial charge in [-0.25, -0.2) is 0 Å². The highest BCUT2D eigenvalue weighted by Gasteiger charge is 2.06. The van der Waals surface area contributed by atoms with E-state index in [2.05, 4.69) is 5.32 Å². The molecule has 0 aliphatic carbocycles. The third-order valence-electron chi connectivity index (χ3n) is 2.75. The van der Waals surface area contributed by atoms with Crippen LogP contribution in [0.4, 0.5) is 0 Å². The van der Waals surface area contributed by atoms with Gasteiger partial charge in [0.15, 0.2) is 5.78 Å². The van der Waals surface area contributed by atoms with E-state index >= 15 is 0 Å². The van der Waals surface area contributed by atoms with Crippen molar-refractivity contribution in [3.8, 4) is 0 Å². The van der Waals surface area contributed by atoms with Crippen molar-refractivity contribution in [1.29, 1.82) is 0 Å². The van der Waals surface area contributed by atoms with E-state index in [1.54, 1.807) is 55.5 Å². The van der Waals surface area contributed by atoms with Crippen molar-refractivity contribution < 1.29 is 9.59 Å². The largest absolute Gasteiger partial charge is 0.326 e. The van der Waals surface area contributed by atoms with Crippen LogP contribution in [0.5, 0.6) is 0 Å². The first-order valence-corrected chi connectivity index (χ1v) is 6.31. The summed E-state index contributed by atoms with van der Waals surface area (Å²) in [6.45, 7) is 1.70. The highest BCUT2D eigenvalue weighted by atomic mass is 16.1. The molecule has 20 heavy (non-hydrogen) atoms. The summed E-state index contributed by atoms with van der Waals surface area (Å²) in [5, 5.41) is 2.70. The van der Waals surface area contributed by atoms with E-state index in [0.717, 1.165) is 0 Å². The number of ketones is 1. The number of nitrogens with one attached hydrogen (secondary N) is 1. The lowest BCUT2D eigenvalue weighted by Crippen LogP contribution is -2.21. The smallest absolute Gasteiger partial charge is 0.255 e. The van der Waals surface area contributed by atoms with E-state index in [1.807, 2.05) is 12.1 Å². The predicted octanol–water partition coefficient (Wildman–Crippen LogP) is 3.20.